The highest BCUT2D eigenvalue weighted by molar-refractivity contribution is 7.22. The quantitative estimate of drug-likeness (QED) is 0.373. The SMILES string of the molecule is Nc1nc2ccc(C(=O)N/N=C\c3ccc(OCc4ccccc4)cc3)cc2s1. The summed E-state index contributed by atoms with van der Waals surface area (Å²) in [5.41, 5.74) is 11.5. The van der Waals surface area contributed by atoms with E-state index in [0.717, 1.165) is 27.1 Å². The number of amides is 1. The number of benzene rings is 3. The molecule has 0 aliphatic carbocycles. The fraction of sp³-hybridized carbons (Fsp3) is 0.0455. The lowest BCUT2D eigenvalue weighted by molar-refractivity contribution is 0.0955. The molecule has 0 saturated carbocycles. The average Bonchev–Trinajstić information content (AvgIpc) is 3.13. The van der Waals surface area contributed by atoms with Gasteiger partial charge in [0.15, 0.2) is 5.13 Å². The van der Waals surface area contributed by atoms with E-state index in [0.29, 0.717) is 17.3 Å². The van der Waals surface area contributed by atoms with Gasteiger partial charge in [-0.05, 0) is 53.6 Å². The normalized spacial score (nSPS) is 11.0. The van der Waals surface area contributed by atoms with Gasteiger partial charge in [-0.25, -0.2) is 10.4 Å². The Morgan fingerprint density at radius 1 is 1.10 bits per heavy atom. The zero-order valence-electron chi connectivity index (χ0n) is 15.4. The van der Waals surface area contributed by atoms with Gasteiger partial charge in [-0.1, -0.05) is 41.7 Å². The molecule has 144 valence electrons. The first kappa shape index (κ1) is 18.6. The Morgan fingerprint density at radius 3 is 2.69 bits per heavy atom. The van der Waals surface area contributed by atoms with Crippen LogP contribution in [0.15, 0.2) is 77.9 Å². The summed E-state index contributed by atoms with van der Waals surface area (Å²) < 4.78 is 6.62. The minimum absolute atomic E-state index is 0.294. The monoisotopic (exact) mass is 402 g/mol. The first-order valence-electron chi connectivity index (χ1n) is 8.94. The van der Waals surface area contributed by atoms with Gasteiger partial charge >= 0.3 is 0 Å². The number of carbonyl (C=O) groups is 1. The van der Waals surface area contributed by atoms with E-state index in [2.05, 4.69) is 15.5 Å². The number of nitrogens with one attached hydrogen (secondary N) is 1. The number of fused-ring (bicyclic) bond motifs is 1. The molecule has 0 aliphatic rings. The van der Waals surface area contributed by atoms with Crippen LogP contribution in [0.4, 0.5) is 5.13 Å². The molecular weight excluding hydrogens is 384 g/mol. The van der Waals surface area contributed by atoms with Crippen LogP contribution >= 0.6 is 11.3 Å². The molecular formula is C22H18N4O2S. The van der Waals surface area contributed by atoms with Crippen LogP contribution in [0, 0.1) is 0 Å². The highest BCUT2D eigenvalue weighted by atomic mass is 32.1. The highest BCUT2D eigenvalue weighted by Gasteiger charge is 2.08. The molecule has 0 bridgehead atoms. The molecule has 0 saturated heterocycles. The lowest BCUT2D eigenvalue weighted by Crippen LogP contribution is -2.17. The third-order valence-corrected chi connectivity index (χ3v) is 5.02. The molecule has 4 rings (SSSR count). The van der Waals surface area contributed by atoms with Gasteiger partial charge in [-0.15, -0.1) is 0 Å². The summed E-state index contributed by atoms with van der Waals surface area (Å²) in [5.74, 6) is 0.477. The molecule has 1 aromatic heterocycles. The number of carbonyl (C=O) groups excluding carboxylic acids is 1. The third kappa shape index (κ3) is 4.77. The number of hydrogen-bond donors (Lipinski definition) is 2. The van der Waals surface area contributed by atoms with Crippen molar-refractivity contribution in [1.82, 2.24) is 10.4 Å². The smallest absolute Gasteiger partial charge is 0.271 e. The number of nitrogens with zero attached hydrogens (tertiary/aromatic N) is 2. The number of hydrazone groups is 1. The first-order valence-corrected chi connectivity index (χ1v) is 9.75. The molecule has 1 heterocycles. The summed E-state index contributed by atoms with van der Waals surface area (Å²) in [6.07, 6.45) is 1.59. The van der Waals surface area contributed by atoms with E-state index in [4.69, 9.17) is 10.5 Å². The number of nitrogens with two attached hydrogens (primary N) is 1. The molecule has 3 N–H and O–H groups in total. The Labute approximate surface area is 171 Å². The van der Waals surface area contributed by atoms with Gasteiger partial charge in [-0.2, -0.15) is 5.10 Å². The van der Waals surface area contributed by atoms with Crippen molar-refractivity contribution in [1.29, 1.82) is 0 Å². The predicted molar refractivity (Wildman–Crippen MR) is 116 cm³/mol. The molecule has 1 amide bonds. The maximum absolute atomic E-state index is 12.3. The van der Waals surface area contributed by atoms with Gasteiger partial charge in [0.05, 0.1) is 16.4 Å². The topological polar surface area (TPSA) is 89.6 Å². The number of rotatable bonds is 6. The molecule has 4 aromatic rings. The molecule has 3 aromatic carbocycles. The fourth-order valence-corrected chi connectivity index (χ4v) is 3.48. The van der Waals surface area contributed by atoms with E-state index in [1.54, 1.807) is 24.4 Å². The van der Waals surface area contributed by atoms with Crippen molar-refractivity contribution in [3.05, 3.63) is 89.5 Å². The zero-order valence-corrected chi connectivity index (χ0v) is 16.2. The highest BCUT2D eigenvalue weighted by Crippen LogP contribution is 2.24. The first-order chi connectivity index (χ1) is 14.2. The van der Waals surface area contributed by atoms with Gasteiger partial charge in [0.1, 0.15) is 12.4 Å². The second kappa shape index (κ2) is 8.53. The van der Waals surface area contributed by atoms with Crippen molar-refractivity contribution in [3.8, 4) is 5.75 Å². The molecule has 6 nitrogen and oxygen atoms in total. The Balaban J connectivity index is 1.32. The van der Waals surface area contributed by atoms with Crippen LogP contribution in [0.5, 0.6) is 5.75 Å². The summed E-state index contributed by atoms with van der Waals surface area (Å²) in [6, 6.07) is 22.7. The van der Waals surface area contributed by atoms with E-state index in [9.17, 15) is 4.79 Å². The maximum atomic E-state index is 12.3. The fourth-order valence-electron chi connectivity index (χ4n) is 2.70. The lowest BCUT2D eigenvalue weighted by Gasteiger charge is -2.06. The van der Waals surface area contributed by atoms with E-state index >= 15 is 0 Å². The Bertz CT molecular complexity index is 1150. The van der Waals surface area contributed by atoms with Crippen molar-refractivity contribution >= 4 is 38.8 Å². The molecule has 0 aliphatic heterocycles. The third-order valence-electron chi connectivity index (χ3n) is 4.18. The van der Waals surface area contributed by atoms with Gasteiger partial charge in [0.25, 0.3) is 5.91 Å². The molecule has 29 heavy (non-hydrogen) atoms. The van der Waals surface area contributed by atoms with Crippen molar-refractivity contribution in [2.45, 2.75) is 6.61 Å². The Hall–Kier alpha value is -3.71. The zero-order chi connectivity index (χ0) is 20.1. The number of thiazole rings is 1. The van der Waals surface area contributed by atoms with Gasteiger partial charge in [0.2, 0.25) is 0 Å². The van der Waals surface area contributed by atoms with Gasteiger partial charge < -0.3 is 10.5 Å². The number of anilines is 1. The van der Waals surface area contributed by atoms with Crippen molar-refractivity contribution in [2.75, 3.05) is 5.73 Å². The number of ether oxygens (including phenoxy) is 1. The van der Waals surface area contributed by atoms with E-state index in [-0.39, 0.29) is 5.91 Å². The molecule has 0 spiro atoms. The second-order valence-corrected chi connectivity index (χ2v) is 7.34. The average molecular weight is 402 g/mol. The largest absolute Gasteiger partial charge is 0.489 e. The number of hydrogen-bond acceptors (Lipinski definition) is 6. The van der Waals surface area contributed by atoms with Crippen LogP contribution in [-0.2, 0) is 6.61 Å². The lowest BCUT2D eigenvalue weighted by atomic mass is 10.2. The van der Waals surface area contributed by atoms with Gasteiger partial charge in [0, 0.05) is 5.56 Å². The second-order valence-electron chi connectivity index (χ2n) is 6.28. The van der Waals surface area contributed by atoms with Crippen LogP contribution in [0.3, 0.4) is 0 Å². The van der Waals surface area contributed by atoms with Crippen LogP contribution in [0.25, 0.3) is 10.2 Å². The van der Waals surface area contributed by atoms with Crippen LogP contribution in [0.2, 0.25) is 0 Å². The van der Waals surface area contributed by atoms with E-state index in [1.165, 1.54) is 11.3 Å². The number of aromatic nitrogens is 1. The number of nitrogen functional groups attached to an aromatic ring is 1. The van der Waals surface area contributed by atoms with E-state index < -0.39 is 0 Å². The standard InChI is InChI=1S/C22H18N4O2S/c23-22-25-19-11-8-17(12-20(19)29-22)21(27)26-24-13-15-6-9-18(10-7-15)28-14-16-4-2-1-3-5-16/h1-13H,14H2,(H2,23,25)(H,26,27)/b24-13-. The van der Waals surface area contributed by atoms with Gasteiger partial charge in [-0.3, -0.25) is 4.79 Å². The maximum Gasteiger partial charge on any atom is 0.271 e. The van der Waals surface area contributed by atoms with Crippen molar-refractivity contribution < 1.29 is 9.53 Å². The van der Waals surface area contributed by atoms with Crippen LogP contribution in [0.1, 0.15) is 21.5 Å². The molecule has 0 atom stereocenters. The van der Waals surface area contributed by atoms with Crippen LogP contribution < -0.4 is 15.9 Å². The van der Waals surface area contributed by atoms with E-state index in [1.807, 2.05) is 54.6 Å². The summed E-state index contributed by atoms with van der Waals surface area (Å²) >= 11 is 1.34. The van der Waals surface area contributed by atoms with Crippen LogP contribution in [-0.4, -0.2) is 17.1 Å². The summed E-state index contributed by atoms with van der Waals surface area (Å²) in [4.78, 5) is 16.4. The minimum atomic E-state index is -0.294. The Morgan fingerprint density at radius 2 is 1.90 bits per heavy atom. The summed E-state index contributed by atoms with van der Waals surface area (Å²) in [6.45, 7) is 0.514. The molecule has 7 heteroatoms. The minimum Gasteiger partial charge on any atom is -0.489 e. The molecule has 0 radical (unpaired) electrons. The molecule has 0 unspecified atom stereocenters. The van der Waals surface area contributed by atoms with Crippen molar-refractivity contribution in [2.24, 2.45) is 5.10 Å². The summed E-state index contributed by atoms with van der Waals surface area (Å²) in [7, 11) is 0. The predicted octanol–water partition coefficient (Wildman–Crippen LogP) is 4.22. The molecule has 0 fully saturated rings. The Kier molecular flexibility index (Phi) is 5.49. The summed E-state index contributed by atoms with van der Waals surface area (Å²) in [5, 5.41) is 4.50. The van der Waals surface area contributed by atoms with Crippen molar-refractivity contribution in [3.63, 3.8) is 0 Å².